The molecule has 0 aliphatic heterocycles. The van der Waals surface area contributed by atoms with E-state index in [1.54, 1.807) is 37.3 Å². The average Bonchev–Trinajstić information content (AvgIpc) is 2.75. The third kappa shape index (κ3) is 3.41. The Kier molecular flexibility index (Phi) is 6.26. The maximum atomic E-state index is 13.2. The van der Waals surface area contributed by atoms with Crippen LogP contribution in [0.5, 0.6) is 0 Å². The lowest BCUT2D eigenvalue weighted by Gasteiger charge is -2.34. The number of carbonyl (C=O) groups is 3. The molecule has 1 aliphatic carbocycles. The molecule has 1 heterocycles. The zero-order valence-corrected chi connectivity index (χ0v) is 16.7. The van der Waals surface area contributed by atoms with Crippen LogP contribution < -0.4 is 0 Å². The Bertz CT molecular complexity index is 716. The predicted octanol–water partition coefficient (Wildman–Crippen LogP) is 3.04. The second-order valence-electron chi connectivity index (χ2n) is 7.01. The number of carbonyl (C=O) groups excluding carboxylic acids is 3. The highest BCUT2D eigenvalue weighted by atomic mass is 16.5. The predicted molar refractivity (Wildman–Crippen MR) is 99.4 cm³/mol. The molecule has 0 bridgehead atoms. The Hall–Kier alpha value is -2.11. The van der Waals surface area contributed by atoms with E-state index in [0.717, 1.165) is 25.0 Å². The first-order chi connectivity index (χ1) is 12.3. The van der Waals surface area contributed by atoms with Crippen molar-refractivity contribution in [3.05, 3.63) is 22.5 Å². The van der Waals surface area contributed by atoms with Gasteiger partial charge in [-0.3, -0.25) is 9.59 Å². The summed E-state index contributed by atoms with van der Waals surface area (Å²) in [5.74, 6) is -0.435. The van der Waals surface area contributed by atoms with Gasteiger partial charge in [0.15, 0.2) is 5.78 Å². The summed E-state index contributed by atoms with van der Waals surface area (Å²) in [7, 11) is 1.76. The van der Waals surface area contributed by atoms with Crippen molar-refractivity contribution in [1.82, 2.24) is 9.47 Å². The van der Waals surface area contributed by atoms with Gasteiger partial charge in [-0.25, -0.2) is 4.79 Å². The van der Waals surface area contributed by atoms with E-state index in [9.17, 15) is 14.4 Å². The molecule has 1 aliphatic rings. The van der Waals surface area contributed by atoms with Crippen molar-refractivity contribution < 1.29 is 19.1 Å². The average molecular weight is 362 g/mol. The van der Waals surface area contributed by atoms with E-state index < -0.39 is 12.0 Å². The van der Waals surface area contributed by atoms with E-state index in [1.807, 2.05) is 13.8 Å². The molecule has 0 aromatic carbocycles. The van der Waals surface area contributed by atoms with E-state index in [2.05, 4.69) is 0 Å². The summed E-state index contributed by atoms with van der Waals surface area (Å²) in [6.45, 7) is 9.79. The number of amides is 1. The van der Waals surface area contributed by atoms with Gasteiger partial charge in [-0.1, -0.05) is 6.42 Å². The summed E-state index contributed by atoms with van der Waals surface area (Å²) >= 11 is 0. The lowest BCUT2D eigenvalue weighted by atomic mass is 9.84. The summed E-state index contributed by atoms with van der Waals surface area (Å²) < 4.78 is 6.83. The fraction of sp³-hybridized carbons (Fsp3) is 0.650. The first-order valence-corrected chi connectivity index (χ1v) is 9.43. The van der Waals surface area contributed by atoms with Crippen LogP contribution in [0.3, 0.4) is 0 Å². The largest absolute Gasteiger partial charge is 0.461 e. The minimum absolute atomic E-state index is 0.0539. The molecular weight excluding hydrogens is 332 g/mol. The maximum Gasteiger partial charge on any atom is 0.355 e. The van der Waals surface area contributed by atoms with E-state index in [-0.39, 0.29) is 24.2 Å². The molecule has 1 atom stereocenters. The molecule has 1 aromatic rings. The molecule has 0 N–H and O–H groups in total. The number of esters is 1. The minimum atomic E-state index is -0.553. The molecule has 1 aromatic heterocycles. The third-order valence-electron chi connectivity index (χ3n) is 5.57. The molecule has 0 saturated heterocycles. The fourth-order valence-corrected chi connectivity index (χ4v) is 3.69. The number of ether oxygens (including phenoxy) is 1. The molecule has 1 unspecified atom stereocenters. The van der Waals surface area contributed by atoms with Gasteiger partial charge in [-0.15, -0.1) is 0 Å². The van der Waals surface area contributed by atoms with Gasteiger partial charge in [0.1, 0.15) is 5.69 Å². The van der Waals surface area contributed by atoms with Gasteiger partial charge in [0.05, 0.1) is 12.6 Å². The smallest absolute Gasteiger partial charge is 0.355 e. The minimum Gasteiger partial charge on any atom is -0.461 e. The van der Waals surface area contributed by atoms with E-state index in [4.69, 9.17) is 4.74 Å². The molecule has 0 spiro atoms. The topological polar surface area (TPSA) is 68.6 Å². The highest BCUT2D eigenvalue weighted by Crippen LogP contribution is 2.30. The summed E-state index contributed by atoms with van der Waals surface area (Å²) in [6, 6.07) is -0.553. The molecule has 0 radical (unpaired) electrons. The molecule has 26 heavy (non-hydrogen) atoms. The monoisotopic (exact) mass is 362 g/mol. The van der Waals surface area contributed by atoms with Crippen molar-refractivity contribution in [2.75, 3.05) is 13.2 Å². The van der Waals surface area contributed by atoms with Crippen LogP contribution in [0.15, 0.2) is 0 Å². The Labute approximate surface area is 155 Å². The second kappa shape index (κ2) is 8.06. The molecule has 6 heteroatoms. The standard InChI is InChI=1S/C20H30N2O4/c1-7-22(19(24)15-10-9-11-15)14(5)18(23)16-12(3)17(20(25)26-8-2)21(6)13(16)4/h14-15H,7-11H2,1-6H3. The number of aromatic nitrogens is 1. The number of ketones is 1. The highest BCUT2D eigenvalue weighted by molar-refractivity contribution is 6.06. The number of Topliss-reactive ketones (excluding diaryl/α,β-unsaturated/α-hetero) is 1. The Morgan fingerprint density at radius 3 is 2.31 bits per heavy atom. The lowest BCUT2D eigenvalue weighted by Crippen LogP contribution is -2.47. The van der Waals surface area contributed by atoms with Crippen LogP contribution in [0.2, 0.25) is 0 Å². The SMILES string of the molecule is CCOC(=O)c1c(C)c(C(=O)C(C)N(CC)C(=O)C2CCC2)c(C)n1C. The molecule has 144 valence electrons. The number of hydrogen-bond acceptors (Lipinski definition) is 4. The highest BCUT2D eigenvalue weighted by Gasteiger charge is 2.35. The van der Waals surface area contributed by atoms with Gasteiger partial charge in [-0.2, -0.15) is 0 Å². The van der Waals surface area contributed by atoms with Crippen LogP contribution in [0.4, 0.5) is 0 Å². The quantitative estimate of drug-likeness (QED) is 0.552. The molecule has 1 saturated carbocycles. The summed E-state index contributed by atoms with van der Waals surface area (Å²) in [4.78, 5) is 39.8. The molecular formula is C20H30N2O4. The van der Waals surface area contributed by atoms with E-state index in [0.29, 0.717) is 23.4 Å². The van der Waals surface area contributed by atoms with Crippen LogP contribution in [0, 0.1) is 19.8 Å². The summed E-state index contributed by atoms with van der Waals surface area (Å²) in [6.07, 6.45) is 2.90. The zero-order chi connectivity index (χ0) is 19.6. The Morgan fingerprint density at radius 1 is 1.23 bits per heavy atom. The number of rotatable bonds is 7. The number of hydrogen-bond donors (Lipinski definition) is 0. The van der Waals surface area contributed by atoms with Crippen LogP contribution >= 0.6 is 0 Å². The second-order valence-corrected chi connectivity index (χ2v) is 7.01. The van der Waals surface area contributed by atoms with E-state index in [1.165, 1.54) is 0 Å². The van der Waals surface area contributed by atoms with Crippen molar-refractivity contribution in [2.24, 2.45) is 13.0 Å². The van der Waals surface area contributed by atoms with Gasteiger partial charge in [0.25, 0.3) is 0 Å². The van der Waals surface area contributed by atoms with Crippen LogP contribution in [0.25, 0.3) is 0 Å². The maximum absolute atomic E-state index is 13.2. The van der Waals surface area contributed by atoms with Crippen LogP contribution in [-0.4, -0.2) is 46.3 Å². The zero-order valence-electron chi connectivity index (χ0n) is 16.7. The molecule has 2 rings (SSSR count). The molecule has 1 fully saturated rings. The normalized spacial score (nSPS) is 15.3. The lowest BCUT2D eigenvalue weighted by molar-refractivity contribution is -0.139. The first kappa shape index (κ1) is 20.2. The van der Waals surface area contributed by atoms with Gasteiger partial charge in [-0.05, 0) is 53.0 Å². The van der Waals surface area contributed by atoms with Crippen molar-refractivity contribution in [3.63, 3.8) is 0 Å². The van der Waals surface area contributed by atoms with Crippen molar-refractivity contribution in [3.8, 4) is 0 Å². The van der Waals surface area contributed by atoms with Crippen LogP contribution in [-0.2, 0) is 16.6 Å². The van der Waals surface area contributed by atoms with Crippen LogP contribution in [0.1, 0.15) is 72.1 Å². The molecule has 6 nitrogen and oxygen atoms in total. The van der Waals surface area contributed by atoms with Crippen molar-refractivity contribution in [2.45, 2.75) is 59.9 Å². The Morgan fingerprint density at radius 2 is 1.85 bits per heavy atom. The number of likely N-dealkylation sites (N-methyl/N-ethyl adjacent to an activating group) is 1. The van der Waals surface area contributed by atoms with Crippen molar-refractivity contribution >= 4 is 17.7 Å². The Balaban J connectivity index is 2.34. The van der Waals surface area contributed by atoms with Gasteiger partial charge in [0.2, 0.25) is 5.91 Å². The van der Waals surface area contributed by atoms with Gasteiger partial charge in [0, 0.05) is 30.8 Å². The summed E-state index contributed by atoms with van der Waals surface area (Å²) in [5.41, 5.74) is 2.25. The number of nitrogens with zero attached hydrogens (tertiary/aromatic N) is 2. The third-order valence-corrected chi connectivity index (χ3v) is 5.57. The van der Waals surface area contributed by atoms with Crippen molar-refractivity contribution in [1.29, 1.82) is 0 Å². The summed E-state index contributed by atoms with van der Waals surface area (Å²) in [5, 5.41) is 0. The molecule has 1 amide bonds. The van der Waals surface area contributed by atoms with Gasteiger partial charge >= 0.3 is 5.97 Å². The first-order valence-electron chi connectivity index (χ1n) is 9.43. The van der Waals surface area contributed by atoms with Gasteiger partial charge < -0.3 is 14.2 Å². The van der Waals surface area contributed by atoms with E-state index >= 15 is 0 Å². The fourth-order valence-electron chi connectivity index (χ4n) is 3.69.